The molecule has 0 heterocycles. The normalized spacial score (nSPS) is 13.0. The van der Waals surface area contributed by atoms with Gasteiger partial charge in [0.25, 0.3) is 0 Å². The number of hydrogen-bond acceptors (Lipinski definition) is 2. The summed E-state index contributed by atoms with van der Waals surface area (Å²) in [6.07, 6.45) is -5.76. The summed E-state index contributed by atoms with van der Waals surface area (Å²) in [4.78, 5) is -0.652. The van der Waals surface area contributed by atoms with Crippen molar-refractivity contribution in [1.82, 2.24) is 4.31 Å². The molecule has 9 heteroatoms. The van der Waals surface area contributed by atoms with Crippen molar-refractivity contribution in [2.24, 2.45) is 0 Å². The maximum atomic E-state index is 13.5. The molecule has 0 fully saturated rings. The van der Waals surface area contributed by atoms with Crippen LogP contribution in [0.15, 0.2) is 27.6 Å². The van der Waals surface area contributed by atoms with Crippen LogP contribution < -0.4 is 0 Å². The van der Waals surface area contributed by atoms with Gasteiger partial charge in [0.05, 0.1) is 6.42 Å². The molecule has 3 nitrogen and oxygen atoms in total. The van der Waals surface area contributed by atoms with Crippen molar-refractivity contribution < 1.29 is 26.0 Å². The Kier molecular flexibility index (Phi) is 4.97. The van der Waals surface area contributed by atoms with E-state index < -0.39 is 39.9 Å². The molecule has 0 aromatic heterocycles. The fourth-order valence-electron chi connectivity index (χ4n) is 1.26. The van der Waals surface area contributed by atoms with Crippen molar-refractivity contribution in [3.63, 3.8) is 0 Å². The zero-order valence-corrected chi connectivity index (χ0v) is 12.1. The number of rotatable bonds is 4. The predicted octanol–water partition coefficient (Wildman–Crippen LogP) is 3.16. The molecule has 1 aromatic rings. The molecule has 19 heavy (non-hydrogen) atoms. The average Bonchev–Trinajstić information content (AvgIpc) is 2.24. The highest BCUT2D eigenvalue weighted by Crippen LogP contribution is 2.24. The first-order valence-electron chi connectivity index (χ1n) is 5.02. The smallest absolute Gasteiger partial charge is 0.207 e. The molecule has 0 bridgehead atoms. The Labute approximate surface area is 116 Å². The highest BCUT2D eigenvalue weighted by Gasteiger charge is 2.31. The van der Waals surface area contributed by atoms with E-state index >= 15 is 0 Å². The summed E-state index contributed by atoms with van der Waals surface area (Å²) in [5.74, 6) is -1.02. The number of nitrogens with zero attached hydrogens (tertiary/aromatic N) is 1. The maximum Gasteiger partial charge on any atom is 0.390 e. The molecule has 0 radical (unpaired) electrons. The molecular formula is C10H10BrF4NO2S. The molecule has 1 rings (SSSR count). The predicted molar refractivity (Wildman–Crippen MR) is 64.6 cm³/mol. The van der Waals surface area contributed by atoms with E-state index in [0.717, 1.165) is 19.2 Å². The van der Waals surface area contributed by atoms with Gasteiger partial charge < -0.3 is 0 Å². The third-order valence-electron chi connectivity index (χ3n) is 2.29. The van der Waals surface area contributed by atoms with Crippen LogP contribution in [0.2, 0.25) is 0 Å². The molecule has 1 aromatic carbocycles. The summed E-state index contributed by atoms with van der Waals surface area (Å²) < 4.78 is 74.2. The van der Waals surface area contributed by atoms with Gasteiger partial charge in [-0.15, -0.1) is 0 Å². The van der Waals surface area contributed by atoms with Crippen molar-refractivity contribution in [2.75, 3.05) is 13.6 Å². The van der Waals surface area contributed by atoms with Crippen molar-refractivity contribution in [3.05, 3.63) is 28.5 Å². The maximum absolute atomic E-state index is 13.5. The van der Waals surface area contributed by atoms with E-state index in [1.165, 1.54) is 6.07 Å². The lowest BCUT2D eigenvalue weighted by atomic mass is 10.3. The molecule has 0 aliphatic heterocycles. The third kappa shape index (κ3) is 4.43. The molecule has 0 N–H and O–H groups in total. The van der Waals surface area contributed by atoms with Crippen LogP contribution in [0.4, 0.5) is 17.6 Å². The zero-order chi connectivity index (χ0) is 14.8. The fourth-order valence-corrected chi connectivity index (χ4v) is 2.80. The monoisotopic (exact) mass is 363 g/mol. The second kappa shape index (κ2) is 5.76. The number of halogens is 5. The first-order valence-corrected chi connectivity index (χ1v) is 7.25. The summed E-state index contributed by atoms with van der Waals surface area (Å²) in [6.45, 7) is -0.763. The lowest BCUT2D eigenvalue weighted by Gasteiger charge is -2.18. The number of sulfonamides is 1. The molecule has 108 valence electrons. The van der Waals surface area contributed by atoms with E-state index in [9.17, 15) is 26.0 Å². The summed E-state index contributed by atoms with van der Waals surface area (Å²) in [6, 6.07) is 3.23. The van der Waals surface area contributed by atoms with E-state index in [4.69, 9.17) is 0 Å². The van der Waals surface area contributed by atoms with Crippen LogP contribution in [0.3, 0.4) is 0 Å². The van der Waals surface area contributed by atoms with E-state index in [0.29, 0.717) is 8.78 Å². The van der Waals surface area contributed by atoms with Gasteiger partial charge in [0, 0.05) is 18.1 Å². The van der Waals surface area contributed by atoms with Gasteiger partial charge >= 0.3 is 6.18 Å². The second-order valence-electron chi connectivity index (χ2n) is 3.77. The minimum absolute atomic E-state index is 0.335. The third-order valence-corrected chi connectivity index (χ3v) is 4.68. The minimum Gasteiger partial charge on any atom is -0.207 e. The highest BCUT2D eigenvalue weighted by molar-refractivity contribution is 9.10. The Morgan fingerprint density at radius 1 is 1.32 bits per heavy atom. The van der Waals surface area contributed by atoms with Gasteiger partial charge in [-0.3, -0.25) is 0 Å². The Morgan fingerprint density at radius 2 is 1.89 bits per heavy atom. The summed E-state index contributed by atoms with van der Waals surface area (Å²) >= 11 is 2.96. The zero-order valence-electron chi connectivity index (χ0n) is 9.71. The molecule has 0 saturated carbocycles. The number of hydrogen-bond donors (Lipinski definition) is 0. The minimum atomic E-state index is -4.47. The topological polar surface area (TPSA) is 37.4 Å². The van der Waals surface area contributed by atoms with E-state index in [1.807, 2.05) is 0 Å². The Morgan fingerprint density at radius 3 is 2.37 bits per heavy atom. The van der Waals surface area contributed by atoms with Gasteiger partial charge in [0.2, 0.25) is 10.0 Å². The van der Waals surface area contributed by atoms with Gasteiger partial charge in [0.15, 0.2) is 0 Å². The van der Waals surface area contributed by atoms with Gasteiger partial charge in [0.1, 0.15) is 10.7 Å². The van der Waals surface area contributed by atoms with Gasteiger partial charge in [-0.25, -0.2) is 17.1 Å². The van der Waals surface area contributed by atoms with Crippen molar-refractivity contribution in [1.29, 1.82) is 0 Å². The second-order valence-corrected chi connectivity index (χ2v) is 6.70. The summed E-state index contributed by atoms with van der Waals surface area (Å²) in [7, 11) is -3.30. The molecule has 0 aliphatic rings. The molecule has 0 spiro atoms. The largest absolute Gasteiger partial charge is 0.390 e. The Bertz CT molecular complexity index is 559. The average molecular weight is 364 g/mol. The van der Waals surface area contributed by atoms with Crippen LogP contribution >= 0.6 is 15.9 Å². The molecular weight excluding hydrogens is 354 g/mol. The lowest BCUT2D eigenvalue weighted by molar-refractivity contribution is -0.135. The van der Waals surface area contributed by atoms with Crippen LogP contribution in [0.25, 0.3) is 0 Å². The quantitative estimate of drug-likeness (QED) is 0.770. The van der Waals surface area contributed by atoms with E-state index in [1.54, 1.807) is 0 Å². The molecule has 0 aliphatic carbocycles. The van der Waals surface area contributed by atoms with Crippen LogP contribution in [-0.2, 0) is 10.0 Å². The number of alkyl halides is 3. The van der Waals surface area contributed by atoms with E-state index in [-0.39, 0.29) is 0 Å². The molecule has 0 atom stereocenters. The fraction of sp³-hybridized carbons (Fsp3) is 0.400. The van der Waals surface area contributed by atoms with Crippen molar-refractivity contribution in [3.8, 4) is 0 Å². The summed E-state index contributed by atoms with van der Waals surface area (Å²) in [5, 5.41) is 0. The lowest BCUT2D eigenvalue weighted by Crippen LogP contribution is -2.31. The number of benzene rings is 1. The van der Waals surface area contributed by atoms with E-state index in [2.05, 4.69) is 15.9 Å². The standard InChI is InChI=1S/C10H10BrF4NO2S/c1-16(5-4-10(13,14)15)19(17,18)9-3-2-7(11)6-8(9)12/h2-3,6H,4-5H2,1H3. The first-order chi connectivity index (χ1) is 8.54. The van der Waals surface area contributed by atoms with Crippen molar-refractivity contribution in [2.45, 2.75) is 17.5 Å². The van der Waals surface area contributed by atoms with Gasteiger partial charge in [-0.2, -0.15) is 13.2 Å². The Hall–Kier alpha value is -0.670. The highest BCUT2D eigenvalue weighted by atomic mass is 79.9. The molecule has 0 saturated heterocycles. The van der Waals surface area contributed by atoms with Crippen LogP contribution in [0.5, 0.6) is 0 Å². The van der Waals surface area contributed by atoms with Gasteiger partial charge in [-0.1, -0.05) is 15.9 Å². The van der Waals surface area contributed by atoms with Crippen LogP contribution in [0, 0.1) is 5.82 Å². The van der Waals surface area contributed by atoms with Crippen molar-refractivity contribution >= 4 is 26.0 Å². The first kappa shape index (κ1) is 16.4. The molecule has 0 unspecified atom stereocenters. The molecule has 0 amide bonds. The Balaban J connectivity index is 2.97. The SMILES string of the molecule is CN(CCC(F)(F)F)S(=O)(=O)c1ccc(Br)cc1F. The summed E-state index contributed by atoms with van der Waals surface area (Å²) in [5.41, 5.74) is 0. The van der Waals surface area contributed by atoms with Crippen LogP contribution in [0.1, 0.15) is 6.42 Å². The van der Waals surface area contributed by atoms with Gasteiger partial charge in [-0.05, 0) is 18.2 Å². The van der Waals surface area contributed by atoms with Crippen LogP contribution in [-0.4, -0.2) is 32.5 Å².